The third kappa shape index (κ3) is 7.62. The quantitative estimate of drug-likeness (QED) is 0.757. The van der Waals surface area contributed by atoms with Crippen molar-refractivity contribution in [2.45, 2.75) is 78.4 Å². The van der Waals surface area contributed by atoms with Gasteiger partial charge < -0.3 is 15.3 Å². The fourth-order valence-corrected chi connectivity index (χ4v) is 3.28. The van der Waals surface area contributed by atoms with Crippen LogP contribution in [-0.2, 0) is 0 Å². The first-order chi connectivity index (χ1) is 9.62. The van der Waals surface area contributed by atoms with Gasteiger partial charge in [-0.3, -0.25) is 0 Å². The van der Waals surface area contributed by atoms with Gasteiger partial charge in [-0.15, -0.1) is 0 Å². The van der Waals surface area contributed by atoms with Crippen LogP contribution < -0.4 is 5.32 Å². The first kappa shape index (κ1) is 18.9. The maximum atomic E-state index is 9.48. The lowest BCUT2D eigenvalue weighted by Gasteiger charge is -2.43. The molecular formula is C18H38N2O. The SMILES string of the molecule is CC(O)CCN(C)CC1(CNC(C)(C)C)CCC(C)CC1. The molecule has 0 radical (unpaired) electrons. The molecule has 0 aromatic rings. The fraction of sp³-hybridized carbons (Fsp3) is 1.00. The van der Waals surface area contributed by atoms with Crippen LogP contribution in [0.25, 0.3) is 0 Å². The summed E-state index contributed by atoms with van der Waals surface area (Å²) >= 11 is 0. The maximum Gasteiger partial charge on any atom is 0.0524 e. The van der Waals surface area contributed by atoms with E-state index < -0.39 is 0 Å². The molecule has 1 fully saturated rings. The molecule has 0 bridgehead atoms. The molecule has 3 nitrogen and oxygen atoms in total. The minimum atomic E-state index is -0.192. The van der Waals surface area contributed by atoms with E-state index in [9.17, 15) is 5.11 Å². The highest BCUT2D eigenvalue weighted by molar-refractivity contribution is 4.90. The minimum absolute atomic E-state index is 0.189. The Hall–Kier alpha value is -0.120. The molecule has 0 amide bonds. The number of aliphatic hydroxyl groups excluding tert-OH is 1. The Labute approximate surface area is 132 Å². The summed E-state index contributed by atoms with van der Waals surface area (Å²) in [6.07, 6.45) is 6.05. The van der Waals surface area contributed by atoms with Gasteiger partial charge in [0.2, 0.25) is 0 Å². The molecule has 1 aliphatic carbocycles. The zero-order valence-corrected chi connectivity index (χ0v) is 15.2. The molecule has 126 valence electrons. The summed E-state index contributed by atoms with van der Waals surface area (Å²) in [5, 5.41) is 13.2. The number of nitrogens with zero attached hydrogens (tertiary/aromatic N) is 1. The Morgan fingerprint density at radius 1 is 1.29 bits per heavy atom. The van der Waals surface area contributed by atoms with Gasteiger partial charge in [0.25, 0.3) is 0 Å². The lowest BCUT2D eigenvalue weighted by atomic mass is 9.70. The number of hydrogen-bond acceptors (Lipinski definition) is 3. The second-order valence-electron chi connectivity index (χ2n) is 8.66. The van der Waals surface area contributed by atoms with E-state index in [0.717, 1.165) is 32.0 Å². The summed E-state index contributed by atoms with van der Waals surface area (Å²) in [6, 6.07) is 0. The highest BCUT2D eigenvalue weighted by Crippen LogP contribution is 2.39. The van der Waals surface area contributed by atoms with Crippen molar-refractivity contribution in [2.24, 2.45) is 11.3 Å². The second kappa shape index (κ2) is 7.94. The van der Waals surface area contributed by atoms with Crippen molar-refractivity contribution in [3.8, 4) is 0 Å². The average molecular weight is 299 g/mol. The van der Waals surface area contributed by atoms with Crippen LogP contribution in [0.15, 0.2) is 0 Å². The van der Waals surface area contributed by atoms with Gasteiger partial charge in [-0.2, -0.15) is 0 Å². The maximum absolute atomic E-state index is 9.48. The first-order valence-electron chi connectivity index (χ1n) is 8.74. The third-order valence-corrected chi connectivity index (χ3v) is 4.86. The number of rotatable bonds is 7. The van der Waals surface area contributed by atoms with Gasteiger partial charge in [0.1, 0.15) is 0 Å². The largest absolute Gasteiger partial charge is 0.393 e. The molecular weight excluding hydrogens is 260 g/mol. The summed E-state index contributed by atoms with van der Waals surface area (Å²) in [6.45, 7) is 14.3. The number of nitrogens with one attached hydrogen (secondary N) is 1. The van der Waals surface area contributed by atoms with Gasteiger partial charge in [-0.25, -0.2) is 0 Å². The summed E-state index contributed by atoms with van der Waals surface area (Å²) in [5.41, 5.74) is 0.599. The molecule has 1 rings (SSSR count). The second-order valence-corrected chi connectivity index (χ2v) is 8.66. The van der Waals surface area contributed by atoms with E-state index in [-0.39, 0.29) is 11.6 Å². The van der Waals surface area contributed by atoms with Crippen LogP contribution in [0.4, 0.5) is 0 Å². The lowest BCUT2D eigenvalue weighted by Crippen LogP contribution is -2.49. The van der Waals surface area contributed by atoms with Gasteiger partial charge in [0, 0.05) is 25.2 Å². The Bertz CT molecular complexity index is 288. The Kier molecular flexibility index (Phi) is 7.15. The predicted octanol–water partition coefficient (Wildman–Crippen LogP) is 3.27. The molecule has 1 aliphatic rings. The van der Waals surface area contributed by atoms with Gasteiger partial charge in [0.05, 0.1) is 6.10 Å². The molecule has 1 saturated carbocycles. The lowest BCUT2D eigenvalue weighted by molar-refractivity contribution is 0.0825. The highest BCUT2D eigenvalue weighted by atomic mass is 16.3. The molecule has 0 spiro atoms. The van der Waals surface area contributed by atoms with E-state index in [4.69, 9.17) is 0 Å². The molecule has 0 saturated heterocycles. The van der Waals surface area contributed by atoms with Crippen LogP contribution in [0.5, 0.6) is 0 Å². The van der Waals surface area contributed by atoms with Gasteiger partial charge in [-0.1, -0.05) is 19.8 Å². The molecule has 1 unspecified atom stereocenters. The summed E-state index contributed by atoms with van der Waals surface area (Å²) in [4.78, 5) is 2.42. The molecule has 0 aromatic carbocycles. The normalized spacial score (nSPS) is 28.9. The van der Waals surface area contributed by atoms with E-state index in [1.54, 1.807) is 0 Å². The van der Waals surface area contributed by atoms with Crippen molar-refractivity contribution >= 4 is 0 Å². The Morgan fingerprint density at radius 3 is 2.33 bits per heavy atom. The topological polar surface area (TPSA) is 35.5 Å². The van der Waals surface area contributed by atoms with Crippen LogP contribution in [-0.4, -0.2) is 48.3 Å². The molecule has 1 atom stereocenters. The van der Waals surface area contributed by atoms with E-state index in [1.807, 2.05) is 6.92 Å². The van der Waals surface area contributed by atoms with Crippen LogP contribution >= 0.6 is 0 Å². The Morgan fingerprint density at radius 2 is 1.86 bits per heavy atom. The summed E-state index contributed by atoms with van der Waals surface area (Å²) < 4.78 is 0. The molecule has 2 N–H and O–H groups in total. The van der Waals surface area contributed by atoms with E-state index >= 15 is 0 Å². The van der Waals surface area contributed by atoms with Crippen molar-refractivity contribution in [1.29, 1.82) is 0 Å². The molecule has 0 aromatic heterocycles. The van der Waals surface area contributed by atoms with Crippen molar-refractivity contribution < 1.29 is 5.11 Å². The number of hydrogen-bond donors (Lipinski definition) is 2. The smallest absolute Gasteiger partial charge is 0.0524 e. The summed E-state index contributed by atoms with van der Waals surface area (Å²) in [5.74, 6) is 0.885. The van der Waals surface area contributed by atoms with E-state index in [1.165, 1.54) is 25.7 Å². The predicted molar refractivity (Wildman–Crippen MR) is 91.6 cm³/mol. The van der Waals surface area contributed by atoms with Crippen LogP contribution in [0.1, 0.15) is 66.7 Å². The Balaban J connectivity index is 2.59. The zero-order chi connectivity index (χ0) is 16.1. The van der Waals surface area contributed by atoms with Crippen molar-refractivity contribution in [3.63, 3.8) is 0 Å². The molecule has 3 heteroatoms. The monoisotopic (exact) mass is 298 g/mol. The van der Waals surface area contributed by atoms with Gasteiger partial charge in [-0.05, 0) is 65.3 Å². The van der Waals surface area contributed by atoms with E-state index in [2.05, 4.69) is 45.0 Å². The first-order valence-corrected chi connectivity index (χ1v) is 8.74. The average Bonchev–Trinajstić information content (AvgIpc) is 2.37. The molecule has 0 aliphatic heterocycles. The van der Waals surface area contributed by atoms with Crippen molar-refractivity contribution in [1.82, 2.24) is 10.2 Å². The standard InChI is InChI=1S/C18H38N2O/c1-15-7-10-18(11-8-15,13-19-17(3,4)5)14-20(6)12-9-16(2)21/h15-16,19,21H,7-14H2,1-6H3. The molecule has 21 heavy (non-hydrogen) atoms. The zero-order valence-electron chi connectivity index (χ0n) is 15.2. The fourth-order valence-electron chi connectivity index (χ4n) is 3.28. The highest BCUT2D eigenvalue weighted by Gasteiger charge is 2.35. The van der Waals surface area contributed by atoms with E-state index in [0.29, 0.717) is 5.41 Å². The molecule has 0 heterocycles. The van der Waals surface area contributed by atoms with Crippen LogP contribution in [0.3, 0.4) is 0 Å². The third-order valence-electron chi connectivity index (χ3n) is 4.86. The van der Waals surface area contributed by atoms with Gasteiger partial charge in [0.15, 0.2) is 0 Å². The summed E-state index contributed by atoms with van der Waals surface area (Å²) in [7, 11) is 2.21. The van der Waals surface area contributed by atoms with Crippen LogP contribution in [0.2, 0.25) is 0 Å². The number of aliphatic hydroxyl groups is 1. The van der Waals surface area contributed by atoms with Crippen molar-refractivity contribution in [3.05, 3.63) is 0 Å². The van der Waals surface area contributed by atoms with Crippen LogP contribution in [0, 0.1) is 11.3 Å². The minimum Gasteiger partial charge on any atom is -0.393 e. The van der Waals surface area contributed by atoms with Crippen molar-refractivity contribution in [2.75, 3.05) is 26.7 Å². The van der Waals surface area contributed by atoms with Gasteiger partial charge >= 0.3 is 0 Å².